The van der Waals surface area contributed by atoms with Crippen LogP contribution in [0.4, 0.5) is 0 Å². The molecule has 1 unspecified atom stereocenters. The quantitative estimate of drug-likeness (QED) is 0.913. The van der Waals surface area contributed by atoms with Crippen LogP contribution in [-0.2, 0) is 6.42 Å². The van der Waals surface area contributed by atoms with Gasteiger partial charge >= 0.3 is 0 Å². The Balaban J connectivity index is 1.96. The van der Waals surface area contributed by atoms with Gasteiger partial charge in [-0.2, -0.15) is 0 Å². The fourth-order valence-corrected chi connectivity index (χ4v) is 3.06. The van der Waals surface area contributed by atoms with Gasteiger partial charge in [0, 0.05) is 18.0 Å². The summed E-state index contributed by atoms with van der Waals surface area (Å²) in [4.78, 5) is 2.47. The predicted octanol–water partition coefficient (Wildman–Crippen LogP) is 3.51. The molecule has 0 amide bonds. The van der Waals surface area contributed by atoms with Crippen molar-refractivity contribution in [3.8, 4) is 0 Å². The van der Waals surface area contributed by atoms with Gasteiger partial charge < -0.3 is 10.0 Å². The Morgan fingerprint density at radius 2 is 1.95 bits per heavy atom. The smallest absolute Gasteiger partial charge is 0.0700 e. The van der Waals surface area contributed by atoms with Crippen LogP contribution in [0.2, 0.25) is 5.02 Å². The lowest BCUT2D eigenvalue weighted by Gasteiger charge is -2.27. The van der Waals surface area contributed by atoms with Crippen molar-refractivity contribution in [1.29, 1.82) is 0 Å². The van der Waals surface area contributed by atoms with E-state index in [1.807, 2.05) is 24.3 Å². The summed E-state index contributed by atoms with van der Waals surface area (Å²) in [5.41, 5.74) is 0.631. The van der Waals surface area contributed by atoms with Gasteiger partial charge in [-0.3, -0.25) is 0 Å². The molecule has 1 N–H and O–H groups in total. The number of likely N-dealkylation sites (tertiary alicyclic amines) is 1. The molecule has 3 heteroatoms. The molecule has 0 spiro atoms. The first-order chi connectivity index (χ1) is 9.11. The molecular formula is C16H24ClNO. The summed E-state index contributed by atoms with van der Waals surface area (Å²) in [5.74, 6) is 0. The molecule has 0 aliphatic carbocycles. The Kier molecular flexibility index (Phi) is 5.26. The van der Waals surface area contributed by atoms with Crippen molar-refractivity contribution >= 4 is 11.6 Å². The summed E-state index contributed by atoms with van der Waals surface area (Å²) in [7, 11) is 0. The van der Waals surface area contributed by atoms with E-state index in [4.69, 9.17) is 11.6 Å². The molecule has 1 aromatic rings. The molecule has 0 saturated carbocycles. The van der Waals surface area contributed by atoms with Gasteiger partial charge in [0.15, 0.2) is 0 Å². The van der Waals surface area contributed by atoms with E-state index in [0.29, 0.717) is 0 Å². The highest BCUT2D eigenvalue weighted by atomic mass is 35.5. The number of halogens is 1. The molecule has 1 fully saturated rings. The van der Waals surface area contributed by atoms with Crippen molar-refractivity contribution in [2.45, 2.75) is 44.6 Å². The van der Waals surface area contributed by atoms with Gasteiger partial charge in [-0.15, -0.1) is 0 Å². The third-order valence-corrected chi connectivity index (χ3v) is 4.25. The number of hydrogen-bond acceptors (Lipinski definition) is 2. The minimum atomic E-state index is -0.545. The van der Waals surface area contributed by atoms with E-state index in [1.165, 1.54) is 12.0 Å². The van der Waals surface area contributed by atoms with Crippen molar-refractivity contribution < 1.29 is 5.11 Å². The molecule has 1 atom stereocenters. The Labute approximate surface area is 121 Å². The summed E-state index contributed by atoms with van der Waals surface area (Å²) in [6.07, 6.45) is 4.79. The Morgan fingerprint density at radius 1 is 1.21 bits per heavy atom. The molecule has 1 aliphatic heterocycles. The van der Waals surface area contributed by atoms with Crippen molar-refractivity contribution in [2.24, 2.45) is 0 Å². The maximum atomic E-state index is 10.8. The molecule has 1 heterocycles. The van der Waals surface area contributed by atoms with E-state index in [-0.39, 0.29) is 0 Å². The van der Waals surface area contributed by atoms with Crippen LogP contribution in [-0.4, -0.2) is 35.2 Å². The predicted molar refractivity (Wildman–Crippen MR) is 80.7 cm³/mol. The molecule has 1 aliphatic rings. The second-order valence-electron chi connectivity index (χ2n) is 5.72. The second kappa shape index (κ2) is 6.74. The van der Waals surface area contributed by atoms with Crippen LogP contribution < -0.4 is 0 Å². The zero-order chi connectivity index (χ0) is 13.7. The summed E-state index contributed by atoms with van der Waals surface area (Å²) < 4.78 is 0. The molecule has 2 nitrogen and oxygen atoms in total. The van der Waals surface area contributed by atoms with Crippen molar-refractivity contribution in [3.05, 3.63) is 34.9 Å². The van der Waals surface area contributed by atoms with Crippen molar-refractivity contribution in [3.63, 3.8) is 0 Å². The maximum absolute atomic E-state index is 10.8. The minimum Gasteiger partial charge on any atom is -0.389 e. The van der Waals surface area contributed by atoms with Gasteiger partial charge in [0.05, 0.1) is 5.60 Å². The fourth-order valence-electron chi connectivity index (χ4n) is 2.93. The molecule has 0 radical (unpaired) electrons. The van der Waals surface area contributed by atoms with Crippen molar-refractivity contribution in [2.75, 3.05) is 19.6 Å². The maximum Gasteiger partial charge on any atom is 0.0700 e. The van der Waals surface area contributed by atoms with Gasteiger partial charge in [-0.1, -0.05) is 30.7 Å². The Bertz CT molecular complexity index is 392. The first kappa shape index (κ1) is 14.8. The standard InChI is InChI=1S/C16H24ClNO/c1-2-10-18-11-3-8-16(19,9-12-18)13-14-4-6-15(17)7-5-14/h4-7,19H,2-3,8-13H2,1H3. The lowest BCUT2D eigenvalue weighted by molar-refractivity contribution is 0.0257. The Morgan fingerprint density at radius 3 is 2.63 bits per heavy atom. The lowest BCUT2D eigenvalue weighted by Crippen LogP contribution is -2.33. The minimum absolute atomic E-state index is 0.545. The van der Waals surface area contributed by atoms with Crippen LogP contribution in [0.25, 0.3) is 0 Å². The van der Waals surface area contributed by atoms with Crippen LogP contribution in [0.1, 0.15) is 38.2 Å². The van der Waals surface area contributed by atoms with Gasteiger partial charge in [0.25, 0.3) is 0 Å². The average Bonchev–Trinajstić information content (AvgIpc) is 2.56. The molecule has 19 heavy (non-hydrogen) atoms. The van der Waals surface area contributed by atoms with E-state index in [2.05, 4.69) is 11.8 Å². The molecule has 2 rings (SSSR count). The number of benzene rings is 1. The van der Waals surface area contributed by atoms with Crippen LogP contribution in [0.5, 0.6) is 0 Å². The lowest BCUT2D eigenvalue weighted by atomic mass is 9.88. The zero-order valence-corrected chi connectivity index (χ0v) is 12.5. The van der Waals surface area contributed by atoms with E-state index < -0.39 is 5.60 Å². The van der Waals surface area contributed by atoms with Gasteiger partial charge in [0.2, 0.25) is 0 Å². The first-order valence-electron chi connectivity index (χ1n) is 7.30. The summed E-state index contributed by atoms with van der Waals surface area (Å²) in [6.45, 7) is 5.50. The third kappa shape index (κ3) is 4.48. The number of nitrogens with zero attached hydrogens (tertiary/aromatic N) is 1. The SMILES string of the molecule is CCCN1CCCC(O)(Cc2ccc(Cl)cc2)CC1. The van der Waals surface area contributed by atoms with E-state index >= 15 is 0 Å². The molecule has 1 aromatic carbocycles. The average molecular weight is 282 g/mol. The number of rotatable bonds is 4. The fraction of sp³-hybridized carbons (Fsp3) is 0.625. The molecule has 0 aromatic heterocycles. The van der Waals surface area contributed by atoms with Gasteiger partial charge in [-0.25, -0.2) is 0 Å². The largest absolute Gasteiger partial charge is 0.389 e. The monoisotopic (exact) mass is 281 g/mol. The van der Waals surface area contributed by atoms with Gasteiger partial charge in [-0.05, 0) is 56.5 Å². The van der Waals surface area contributed by atoms with Crippen LogP contribution >= 0.6 is 11.6 Å². The highest BCUT2D eigenvalue weighted by Crippen LogP contribution is 2.27. The second-order valence-corrected chi connectivity index (χ2v) is 6.16. The van der Waals surface area contributed by atoms with Crippen molar-refractivity contribution in [1.82, 2.24) is 4.90 Å². The third-order valence-electron chi connectivity index (χ3n) is 4.00. The van der Waals surface area contributed by atoms with Crippen LogP contribution in [0.15, 0.2) is 24.3 Å². The van der Waals surface area contributed by atoms with Crippen LogP contribution in [0.3, 0.4) is 0 Å². The highest BCUT2D eigenvalue weighted by Gasteiger charge is 2.30. The van der Waals surface area contributed by atoms with E-state index in [9.17, 15) is 5.11 Å². The number of aliphatic hydroxyl groups is 1. The van der Waals surface area contributed by atoms with E-state index in [0.717, 1.165) is 50.3 Å². The highest BCUT2D eigenvalue weighted by molar-refractivity contribution is 6.30. The summed E-state index contributed by atoms with van der Waals surface area (Å²) in [6, 6.07) is 7.85. The first-order valence-corrected chi connectivity index (χ1v) is 7.68. The normalized spacial score (nSPS) is 25.2. The zero-order valence-electron chi connectivity index (χ0n) is 11.7. The van der Waals surface area contributed by atoms with E-state index in [1.54, 1.807) is 0 Å². The Hall–Kier alpha value is -0.570. The molecule has 0 bridgehead atoms. The summed E-state index contributed by atoms with van der Waals surface area (Å²) in [5, 5.41) is 11.6. The van der Waals surface area contributed by atoms with Gasteiger partial charge in [0.1, 0.15) is 0 Å². The number of hydrogen-bond donors (Lipinski definition) is 1. The molecular weight excluding hydrogens is 258 g/mol. The topological polar surface area (TPSA) is 23.5 Å². The molecule has 1 saturated heterocycles. The summed E-state index contributed by atoms with van der Waals surface area (Å²) >= 11 is 5.90. The van der Waals surface area contributed by atoms with Crippen LogP contribution in [0, 0.1) is 0 Å². The molecule has 106 valence electrons.